The first-order valence-corrected chi connectivity index (χ1v) is 13.7. The maximum absolute atomic E-state index is 13.6. The number of carbonyl (C=O) groups is 2. The van der Waals surface area contributed by atoms with Crippen LogP contribution in [0.2, 0.25) is 5.02 Å². The van der Waals surface area contributed by atoms with Gasteiger partial charge in [-0.05, 0) is 55.7 Å². The number of aryl methyl sites for hydroxylation is 1. The van der Waals surface area contributed by atoms with Crippen LogP contribution < -0.4 is 15.6 Å². The molecule has 1 N–H and O–H groups in total. The van der Waals surface area contributed by atoms with E-state index in [-0.39, 0.29) is 17.0 Å². The van der Waals surface area contributed by atoms with Crippen LogP contribution in [0.25, 0.3) is 16.9 Å². The van der Waals surface area contributed by atoms with Gasteiger partial charge in [0.2, 0.25) is 0 Å². The predicted octanol–water partition coefficient (Wildman–Crippen LogP) is 4.74. The van der Waals surface area contributed by atoms with Crippen molar-refractivity contribution in [3.63, 3.8) is 0 Å². The van der Waals surface area contributed by atoms with Gasteiger partial charge in [-0.2, -0.15) is 0 Å². The third kappa shape index (κ3) is 4.81. The summed E-state index contributed by atoms with van der Waals surface area (Å²) in [5, 5.41) is 3.65. The summed E-state index contributed by atoms with van der Waals surface area (Å²) in [5.74, 6) is 0.358. The quantitative estimate of drug-likeness (QED) is 0.364. The molecular formula is C28H24ClN5O4S. The zero-order valence-electron chi connectivity index (χ0n) is 21.2. The van der Waals surface area contributed by atoms with Crippen molar-refractivity contribution in [3.05, 3.63) is 85.9 Å². The lowest BCUT2D eigenvalue weighted by Crippen LogP contribution is -2.38. The second-order valence-electron chi connectivity index (χ2n) is 9.57. The van der Waals surface area contributed by atoms with Gasteiger partial charge in [0.05, 0.1) is 18.4 Å². The van der Waals surface area contributed by atoms with Gasteiger partial charge in [-0.15, -0.1) is 0 Å². The van der Waals surface area contributed by atoms with Crippen molar-refractivity contribution < 1.29 is 14.3 Å². The van der Waals surface area contributed by atoms with Crippen molar-refractivity contribution in [2.75, 3.05) is 19.0 Å². The average Bonchev–Trinajstić information content (AvgIpc) is 3.67. The lowest BCUT2D eigenvalue weighted by Gasteiger charge is -2.25. The van der Waals surface area contributed by atoms with Crippen LogP contribution in [0.15, 0.2) is 53.6 Å². The molecule has 0 saturated heterocycles. The molecule has 1 fully saturated rings. The molecule has 0 atom stereocenters. The number of fused-ring (bicyclic) bond motifs is 1. The number of pyridine rings is 2. The molecule has 1 aromatic carbocycles. The molecule has 0 bridgehead atoms. The standard InChI is InChI=1S/C28H24ClN5O4S/c1-15-7-9-34(24(35)11-15)23-13-18(19-12-16(29)3-6-22(19)38-2)20(14-30-23)26(36)32-28-31-21-8-10-33(17-4-5-17)27(37)25(21)39-28/h3,6-7,9,11-14,17H,4-5,8,10H2,1-2H3,(H,31,32,36). The monoisotopic (exact) mass is 561 g/mol. The number of benzene rings is 1. The van der Waals surface area contributed by atoms with Gasteiger partial charge in [0.15, 0.2) is 5.13 Å². The number of rotatable bonds is 6. The number of amides is 2. The lowest BCUT2D eigenvalue weighted by molar-refractivity contribution is 0.0731. The molecule has 0 radical (unpaired) electrons. The van der Waals surface area contributed by atoms with Crippen molar-refractivity contribution in [3.8, 4) is 22.7 Å². The SMILES string of the molecule is COc1ccc(Cl)cc1-c1cc(-n2ccc(C)cc2=O)ncc1C(=O)Nc1nc2c(s1)C(=O)N(C1CC1)CC2. The molecular weight excluding hydrogens is 538 g/mol. The number of anilines is 1. The summed E-state index contributed by atoms with van der Waals surface area (Å²) in [5.41, 5.74) is 2.56. The number of nitrogens with zero attached hydrogens (tertiary/aromatic N) is 4. The summed E-state index contributed by atoms with van der Waals surface area (Å²) in [6, 6.07) is 10.4. The number of methoxy groups -OCH3 is 1. The number of carbonyl (C=O) groups excluding carboxylic acids is 2. The van der Waals surface area contributed by atoms with E-state index < -0.39 is 5.91 Å². The van der Waals surface area contributed by atoms with E-state index in [0.717, 1.165) is 18.4 Å². The molecule has 9 nitrogen and oxygen atoms in total. The van der Waals surface area contributed by atoms with Crippen LogP contribution >= 0.6 is 22.9 Å². The number of nitrogens with one attached hydrogen (secondary N) is 1. The Morgan fingerprint density at radius 3 is 2.72 bits per heavy atom. The Balaban J connectivity index is 1.39. The Morgan fingerprint density at radius 2 is 1.97 bits per heavy atom. The molecule has 4 aromatic rings. The molecule has 1 aliphatic heterocycles. The fourth-order valence-electron chi connectivity index (χ4n) is 4.74. The van der Waals surface area contributed by atoms with Gasteiger partial charge in [0, 0.05) is 53.6 Å². The van der Waals surface area contributed by atoms with Crippen LogP contribution in [-0.2, 0) is 6.42 Å². The first kappa shape index (κ1) is 25.3. The Kier molecular flexibility index (Phi) is 6.44. The molecule has 39 heavy (non-hydrogen) atoms. The third-order valence-corrected chi connectivity index (χ3v) is 8.09. The number of hydrogen-bond acceptors (Lipinski definition) is 7. The molecule has 11 heteroatoms. The van der Waals surface area contributed by atoms with Crippen molar-refractivity contribution in [2.24, 2.45) is 0 Å². The molecule has 0 unspecified atom stereocenters. The lowest BCUT2D eigenvalue weighted by atomic mass is 9.99. The van der Waals surface area contributed by atoms with Crippen LogP contribution in [0.4, 0.5) is 5.13 Å². The average molecular weight is 562 g/mol. The Bertz CT molecular complexity index is 1690. The summed E-state index contributed by atoms with van der Waals surface area (Å²) >= 11 is 7.51. The second-order valence-corrected chi connectivity index (χ2v) is 11.0. The summed E-state index contributed by atoms with van der Waals surface area (Å²) in [7, 11) is 1.53. The second kappa shape index (κ2) is 9.94. The molecule has 1 aliphatic carbocycles. The van der Waals surface area contributed by atoms with Gasteiger partial charge in [-0.1, -0.05) is 22.9 Å². The number of halogens is 1. The van der Waals surface area contributed by atoms with E-state index in [9.17, 15) is 14.4 Å². The van der Waals surface area contributed by atoms with E-state index in [1.807, 2.05) is 11.8 Å². The smallest absolute Gasteiger partial charge is 0.266 e. The molecule has 198 valence electrons. The molecule has 1 saturated carbocycles. The minimum Gasteiger partial charge on any atom is -0.496 e. The maximum atomic E-state index is 13.6. The topological polar surface area (TPSA) is 106 Å². The van der Waals surface area contributed by atoms with E-state index >= 15 is 0 Å². The fourth-order valence-corrected chi connectivity index (χ4v) is 5.87. The van der Waals surface area contributed by atoms with E-state index in [0.29, 0.717) is 62.4 Å². The minimum absolute atomic E-state index is 0.0179. The van der Waals surface area contributed by atoms with E-state index in [1.54, 1.807) is 36.5 Å². The summed E-state index contributed by atoms with van der Waals surface area (Å²) in [6.07, 6.45) is 5.80. The van der Waals surface area contributed by atoms with Gasteiger partial charge in [-0.25, -0.2) is 9.97 Å². The molecule has 2 aliphatic rings. The third-order valence-electron chi connectivity index (χ3n) is 6.86. The van der Waals surface area contributed by atoms with Crippen LogP contribution in [-0.4, -0.2) is 50.9 Å². The highest BCUT2D eigenvalue weighted by Gasteiger charge is 2.38. The van der Waals surface area contributed by atoms with Gasteiger partial charge in [0.1, 0.15) is 16.4 Å². The number of thiazole rings is 1. The first-order valence-electron chi connectivity index (χ1n) is 12.5. The molecule has 4 heterocycles. The zero-order valence-corrected chi connectivity index (χ0v) is 22.8. The fraction of sp³-hybridized carbons (Fsp3) is 0.250. The molecule has 0 spiro atoms. The van der Waals surface area contributed by atoms with Crippen LogP contribution in [0.5, 0.6) is 5.75 Å². The predicted molar refractivity (Wildman–Crippen MR) is 149 cm³/mol. The van der Waals surface area contributed by atoms with Crippen molar-refractivity contribution in [2.45, 2.75) is 32.2 Å². The Hall–Kier alpha value is -4.02. The van der Waals surface area contributed by atoms with Crippen molar-refractivity contribution >= 4 is 39.9 Å². The van der Waals surface area contributed by atoms with Crippen LogP contribution in [0, 0.1) is 6.92 Å². The van der Waals surface area contributed by atoms with Gasteiger partial charge in [0.25, 0.3) is 17.4 Å². The number of ether oxygens (including phenoxy) is 1. The van der Waals surface area contributed by atoms with E-state index in [2.05, 4.69) is 15.3 Å². The summed E-state index contributed by atoms with van der Waals surface area (Å²) in [4.78, 5) is 50.7. The van der Waals surface area contributed by atoms with Crippen LogP contribution in [0.3, 0.4) is 0 Å². The van der Waals surface area contributed by atoms with Crippen molar-refractivity contribution in [1.29, 1.82) is 0 Å². The van der Waals surface area contributed by atoms with E-state index in [1.165, 1.54) is 35.3 Å². The van der Waals surface area contributed by atoms with Crippen LogP contribution in [0.1, 0.15) is 44.1 Å². The Morgan fingerprint density at radius 1 is 1.15 bits per heavy atom. The molecule has 2 amide bonds. The molecule has 3 aromatic heterocycles. The first-order chi connectivity index (χ1) is 18.8. The zero-order chi connectivity index (χ0) is 27.3. The van der Waals surface area contributed by atoms with Gasteiger partial charge < -0.3 is 9.64 Å². The van der Waals surface area contributed by atoms with Crippen molar-refractivity contribution in [1.82, 2.24) is 19.4 Å². The summed E-state index contributed by atoms with van der Waals surface area (Å²) in [6.45, 7) is 2.48. The Labute approximate surface area is 233 Å². The highest BCUT2D eigenvalue weighted by atomic mass is 35.5. The molecule has 6 rings (SSSR count). The largest absolute Gasteiger partial charge is 0.496 e. The maximum Gasteiger partial charge on any atom is 0.266 e. The normalized spacial score (nSPS) is 14.7. The number of aromatic nitrogens is 3. The van der Waals surface area contributed by atoms with Gasteiger partial charge >= 0.3 is 0 Å². The summed E-state index contributed by atoms with van der Waals surface area (Å²) < 4.78 is 6.97. The van der Waals surface area contributed by atoms with Gasteiger partial charge in [-0.3, -0.25) is 24.3 Å². The minimum atomic E-state index is -0.458. The highest BCUT2D eigenvalue weighted by Crippen LogP contribution is 2.37. The number of hydrogen-bond donors (Lipinski definition) is 1. The van der Waals surface area contributed by atoms with E-state index in [4.69, 9.17) is 16.3 Å². The highest BCUT2D eigenvalue weighted by molar-refractivity contribution is 7.17.